The Hall–Kier alpha value is -1.36. The van der Waals surface area contributed by atoms with Crippen molar-refractivity contribution in [3.63, 3.8) is 0 Å². The summed E-state index contributed by atoms with van der Waals surface area (Å²) in [6.07, 6.45) is 5.09. The third-order valence-electron chi connectivity index (χ3n) is 3.24. The molecule has 1 aromatic heterocycles. The molecule has 0 amide bonds. The molecule has 5 heteroatoms. The van der Waals surface area contributed by atoms with Crippen LogP contribution in [0.15, 0.2) is 6.33 Å². The zero-order chi connectivity index (χ0) is 12.8. The molecule has 0 spiro atoms. The minimum atomic E-state index is 0.489. The van der Waals surface area contributed by atoms with Gasteiger partial charge in [0.25, 0.3) is 0 Å². The number of hydrogen-bond acceptors (Lipinski definition) is 5. The zero-order valence-electron chi connectivity index (χ0n) is 11.2. The van der Waals surface area contributed by atoms with Crippen LogP contribution in [0.5, 0.6) is 5.88 Å². The molecule has 1 fully saturated rings. The summed E-state index contributed by atoms with van der Waals surface area (Å²) < 4.78 is 5.49. The lowest BCUT2D eigenvalue weighted by Gasteiger charge is -2.18. The molecule has 0 radical (unpaired) electrons. The van der Waals surface area contributed by atoms with E-state index in [1.165, 1.54) is 12.8 Å². The number of anilines is 1. The van der Waals surface area contributed by atoms with Crippen molar-refractivity contribution in [3.05, 3.63) is 11.9 Å². The van der Waals surface area contributed by atoms with Crippen LogP contribution in [0, 0.1) is 6.92 Å². The maximum Gasteiger partial charge on any atom is 0.221 e. The second-order valence-corrected chi connectivity index (χ2v) is 4.61. The van der Waals surface area contributed by atoms with Gasteiger partial charge in [0.1, 0.15) is 12.1 Å². The summed E-state index contributed by atoms with van der Waals surface area (Å²) in [4.78, 5) is 8.48. The Labute approximate surface area is 108 Å². The fourth-order valence-corrected chi connectivity index (χ4v) is 2.22. The first-order chi connectivity index (χ1) is 8.81. The lowest BCUT2D eigenvalue weighted by Crippen LogP contribution is -2.22. The van der Waals surface area contributed by atoms with Crippen LogP contribution in [-0.4, -0.2) is 35.7 Å². The first-order valence-corrected chi connectivity index (χ1v) is 6.73. The summed E-state index contributed by atoms with van der Waals surface area (Å²) in [7, 11) is 0. The molecule has 1 aliphatic heterocycles. The molecule has 2 heterocycles. The lowest BCUT2D eigenvalue weighted by atomic mass is 10.1. The van der Waals surface area contributed by atoms with E-state index in [1.54, 1.807) is 6.33 Å². The van der Waals surface area contributed by atoms with Gasteiger partial charge in [-0.15, -0.1) is 0 Å². The standard InChI is InChI=1S/C13H22N4O/c1-3-18-13-10(2)12(15-9-16-13)17-11-5-4-7-14-8-6-11/h9,11,14H,3-8H2,1-2H3,(H,15,16,17). The summed E-state index contributed by atoms with van der Waals surface area (Å²) >= 11 is 0. The molecule has 0 aliphatic carbocycles. The van der Waals surface area contributed by atoms with E-state index >= 15 is 0 Å². The first kappa shape index (κ1) is 13.1. The minimum Gasteiger partial charge on any atom is -0.478 e. The Balaban J connectivity index is 2.05. The third kappa shape index (κ3) is 3.32. The number of nitrogens with zero attached hydrogens (tertiary/aromatic N) is 2. The van der Waals surface area contributed by atoms with Crippen LogP contribution in [-0.2, 0) is 0 Å². The van der Waals surface area contributed by atoms with Crippen LogP contribution in [0.25, 0.3) is 0 Å². The van der Waals surface area contributed by atoms with Gasteiger partial charge in [-0.2, -0.15) is 0 Å². The summed E-state index contributed by atoms with van der Waals surface area (Å²) in [5.41, 5.74) is 0.997. The highest BCUT2D eigenvalue weighted by molar-refractivity contribution is 5.48. The fourth-order valence-electron chi connectivity index (χ4n) is 2.22. The highest BCUT2D eigenvalue weighted by atomic mass is 16.5. The topological polar surface area (TPSA) is 59.1 Å². The van der Waals surface area contributed by atoms with Gasteiger partial charge in [-0.05, 0) is 46.2 Å². The molecule has 2 rings (SSSR count). The van der Waals surface area contributed by atoms with Crippen LogP contribution >= 0.6 is 0 Å². The van der Waals surface area contributed by atoms with Gasteiger partial charge < -0.3 is 15.4 Å². The summed E-state index contributed by atoms with van der Waals surface area (Å²) in [6, 6.07) is 0.489. The van der Waals surface area contributed by atoms with Gasteiger partial charge in [0.05, 0.1) is 12.2 Å². The van der Waals surface area contributed by atoms with Crippen molar-refractivity contribution in [1.29, 1.82) is 0 Å². The Kier molecular flexibility index (Phi) is 4.75. The molecule has 5 nitrogen and oxygen atoms in total. The van der Waals surface area contributed by atoms with Gasteiger partial charge >= 0.3 is 0 Å². The third-order valence-corrected chi connectivity index (χ3v) is 3.24. The molecule has 0 saturated carbocycles. The highest BCUT2D eigenvalue weighted by Crippen LogP contribution is 2.22. The van der Waals surface area contributed by atoms with E-state index in [2.05, 4.69) is 20.6 Å². The number of aromatic nitrogens is 2. The molecule has 1 aromatic rings. The Morgan fingerprint density at radius 1 is 1.39 bits per heavy atom. The van der Waals surface area contributed by atoms with Crippen LogP contribution in [0.1, 0.15) is 31.7 Å². The molecular formula is C13H22N4O. The average molecular weight is 250 g/mol. The second kappa shape index (κ2) is 6.54. The van der Waals surface area contributed by atoms with Crippen LogP contribution in [0.2, 0.25) is 0 Å². The monoisotopic (exact) mass is 250 g/mol. The predicted octanol–water partition coefficient (Wildman–Crippen LogP) is 1.74. The summed E-state index contributed by atoms with van der Waals surface area (Å²) in [5, 5.41) is 6.93. The maximum atomic E-state index is 5.49. The molecule has 0 aromatic carbocycles. The van der Waals surface area contributed by atoms with Gasteiger partial charge in [-0.3, -0.25) is 0 Å². The van der Waals surface area contributed by atoms with Crippen molar-refractivity contribution in [1.82, 2.24) is 15.3 Å². The van der Waals surface area contributed by atoms with Crippen molar-refractivity contribution in [2.75, 3.05) is 25.0 Å². The van der Waals surface area contributed by atoms with Gasteiger partial charge in [0, 0.05) is 6.04 Å². The molecular weight excluding hydrogens is 228 g/mol. The van der Waals surface area contributed by atoms with Crippen molar-refractivity contribution in [2.45, 2.75) is 39.2 Å². The summed E-state index contributed by atoms with van der Waals surface area (Å²) in [6.45, 7) is 6.78. The van der Waals surface area contributed by atoms with Gasteiger partial charge in [-0.25, -0.2) is 9.97 Å². The van der Waals surface area contributed by atoms with Crippen LogP contribution in [0.4, 0.5) is 5.82 Å². The molecule has 1 saturated heterocycles. The predicted molar refractivity (Wildman–Crippen MR) is 72.1 cm³/mol. The number of hydrogen-bond donors (Lipinski definition) is 2. The van der Waals surface area contributed by atoms with Crippen molar-refractivity contribution in [3.8, 4) is 5.88 Å². The van der Waals surface area contributed by atoms with Crippen molar-refractivity contribution in [2.24, 2.45) is 0 Å². The molecule has 2 N–H and O–H groups in total. The van der Waals surface area contributed by atoms with E-state index in [1.807, 2.05) is 13.8 Å². The van der Waals surface area contributed by atoms with E-state index in [9.17, 15) is 0 Å². The van der Waals surface area contributed by atoms with Crippen LogP contribution < -0.4 is 15.4 Å². The van der Waals surface area contributed by atoms with Gasteiger partial charge in [-0.1, -0.05) is 0 Å². The largest absolute Gasteiger partial charge is 0.478 e. The number of nitrogens with one attached hydrogen (secondary N) is 2. The zero-order valence-corrected chi connectivity index (χ0v) is 11.2. The second-order valence-electron chi connectivity index (χ2n) is 4.61. The van der Waals surface area contributed by atoms with Gasteiger partial charge in [0.2, 0.25) is 5.88 Å². The molecule has 1 unspecified atom stereocenters. The number of ether oxygens (including phenoxy) is 1. The van der Waals surface area contributed by atoms with E-state index in [0.717, 1.165) is 30.9 Å². The Morgan fingerprint density at radius 2 is 2.28 bits per heavy atom. The normalized spacial score (nSPS) is 20.2. The molecule has 1 atom stereocenters. The van der Waals surface area contributed by atoms with Gasteiger partial charge in [0.15, 0.2) is 0 Å². The average Bonchev–Trinajstić information content (AvgIpc) is 2.63. The Morgan fingerprint density at radius 3 is 3.11 bits per heavy atom. The first-order valence-electron chi connectivity index (χ1n) is 6.73. The molecule has 0 bridgehead atoms. The van der Waals surface area contributed by atoms with Crippen LogP contribution in [0.3, 0.4) is 0 Å². The molecule has 1 aliphatic rings. The van der Waals surface area contributed by atoms with E-state index in [4.69, 9.17) is 4.74 Å². The van der Waals surface area contributed by atoms with Crippen molar-refractivity contribution < 1.29 is 4.74 Å². The Bertz CT molecular complexity index is 375. The minimum absolute atomic E-state index is 0.489. The van der Waals surface area contributed by atoms with E-state index < -0.39 is 0 Å². The highest BCUT2D eigenvalue weighted by Gasteiger charge is 2.15. The molecule has 100 valence electrons. The van der Waals surface area contributed by atoms with Crippen molar-refractivity contribution >= 4 is 5.82 Å². The lowest BCUT2D eigenvalue weighted by molar-refractivity contribution is 0.323. The smallest absolute Gasteiger partial charge is 0.221 e. The van der Waals surface area contributed by atoms with E-state index in [-0.39, 0.29) is 0 Å². The molecule has 18 heavy (non-hydrogen) atoms. The quantitative estimate of drug-likeness (QED) is 0.852. The SMILES string of the molecule is CCOc1ncnc(NC2CCCNCC2)c1C. The number of rotatable bonds is 4. The summed E-state index contributed by atoms with van der Waals surface area (Å²) in [5.74, 6) is 1.59. The maximum absolute atomic E-state index is 5.49. The van der Waals surface area contributed by atoms with E-state index in [0.29, 0.717) is 18.5 Å². The fraction of sp³-hybridized carbons (Fsp3) is 0.692.